The van der Waals surface area contributed by atoms with E-state index in [2.05, 4.69) is 13.8 Å². The first-order valence-corrected chi connectivity index (χ1v) is 12.1. The van der Waals surface area contributed by atoms with E-state index in [0.29, 0.717) is 12.8 Å². The molecule has 0 aliphatic heterocycles. The predicted molar refractivity (Wildman–Crippen MR) is 118 cm³/mol. The first kappa shape index (κ1) is 28.1. The maximum Gasteiger partial charge on any atom is 0.313 e. The molecule has 5 heteroatoms. The molecule has 0 aromatic carbocycles. The summed E-state index contributed by atoms with van der Waals surface area (Å²) in [6, 6.07) is 0. The summed E-state index contributed by atoms with van der Waals surface area (Å²) in [5.41, 5.74) is 0. The van der Waals surface area contributed by atoms with Crippen molar-refractivity contribution in [2.45, 2.75) is 117 Å². The van der Waals surface area contributed by atoms with Crippen molar-refractivity contribution >= 4 is 11.9 Å². The molecule has 0 aromatic rings. The molecular weight excluding hydrogens is 368 g/mol. The molecule has 0 bridgehead atoms. The maximum atomic E-state index is 11.7. The molecule has 0 saturated heterocycles. The summed E-state index contributed by atoms with van der Waals surface area (Å²) in [6.45, 7) is 7.73. The van der Waals surface area contributed by atoms with Crippen molar-refractivity contribution < 1.29 is 23.8 Å². The van der Waals surface area contributed by atoms with Crippen LogP contribution in [0.25, 0.3) is 0 Å². The van der Waals surface area contributed by atoms with Crippen LogP contribution in [0.5, 0.6) is 0 Å². The lowest BCUT2D eigenvalue weighted by molar-refractivity contribution is -0.159. The highest BCUT2D eigenvalue weighted by molar-refractivity contribution is 5.85. The third kappa shape index (κ3) is 23.2. The number of unbranched alkanes of at least 4 members (excludes halogenated alkanes) is 10. The van der Waals surface area contributed by atoms with Crippen LogP contribution in [0.4, 0.5) is 0 Å². The van der Waals surface area contributed by atoms with E-state index in [9.17, 15) is 9.59 Å². The summed E-state index contributed by atoms with van der Waals surface area (Å²) < 4.78 is 15.9. The number of ether oxygens (including phenoxy) is 3. The Hall–Kier alpha value is -0.940. The van der Waals surface area contributed by atoms with E-state index < -0.39 is 0 Å². The minimum atomic E-state index is -0.373. The molecule has 0 amide bonds. The average Bonchev–Trinajstić information content (AvgIpc) is 2.70. The molecule has 0 aliphatic rings. The van der Waals surface area contributed by atoms with Crippen molar-refractivity contribution in [3.05, 3.63) is 0 Å². The van der Waals surface area contributed by atoms with Gasteiger partial charge in [0.15, 0.2) is 0 Å². The zero-order valence-corrected chi connectivity index (χ0v) is 19.2. The van der Waals surface area contributed by atoms with Gasteiger partial charge in [0.25, 0.3) is 0 Å². The van der Waals surface area contributed by atoms with Gasteiger partial charge in [-0.15, -0.1) is 0 Å². The highest BCUT2D eigenvalue weighted by Gasteiger charge is 2.09. The Bertz CT molecular complexity index is 336. The number of carbonyl (C=O) groups is 2. The molecule has 0 rings (SSSR count). The molecule has 0 spiro atoms. The smallest absolute Gasteiger partial charge is 0.313 e. The standard InChI is InChI=1S/C24H46O5/c1-3-5-19-27-21-15-11-7-9-13-17-23(25)29-24(26)18-14-10-8-12-16-22-28-20-6-4-2/h3-22H2,1-2H3. The first-order chi connectivity index (χ1) is 14.2. The van der Waals surface area contributed by atoms with Gasteiger partial charge >= 0.3 is 11.9 Å². The van der Waals surface area contributed by atoms with Crippen LogP contribution in [-0.2, 0) is 23.8 Å². The van der Waals surface area contributed by atoms with E-state index in [-0.39, 0.29) is 11.9 Å². The number of carbonyl (C=O) groups excluding carboxylic acids is 2. The fourth-order valence-electron chi connectivity index (χ4n) is 2.93. The number of rotatable bonds is 22. The van der Waals surface area contributed by atoms with Crippen molar-refractivity contribution in [2.75, 3.05) is 26.4 Å². The van der Waals surface area contributed by atoms with Crippen molar-refractivity contribution in [3.63, 3.8) is 0 Å². The first-order valence-electron chi connectivity index (χ1n) is 12.1. The van der Waals surface area contributed by atoms with Gasteiger partial charge in [-0.25, -0.2) is 0 Å². The zero-order chi connectivity index (χ0) is 21.4. The molecule has 5 nitrogen and oxygen atoms in total. The van der Waals surface area contributed by atoms with Gasteiger partial charge in [0.05, 0.1) is 0 Å². The largest absolute Gasteiger partial charge is 0.393 e. The number of esters is 2. The molecule has 0 saturated carbocycles. The average molecular weight is 415 g/mol. The molecule has 0 radical (unpaired) electrons. The minimum Gasteiger partial charge on any atom is -0.393 e. The Labute approximate surface area is 179 Å². The Balaban J connectivity index is 3.32. The minimum absolute atomic E-state index is 0.344. The van der Waals surface area contributed by atoms with Crippen LogP contribution in [0.3, 0.4) is 0 Å². The maximum absolute atomic E-state index is 11.7. The van der Waals surface area contributed by atoms with Gasteiger partial charge in [0.2, 0.25) is 0 Å². The second kappa shape index (κ2) is 23.3. The highest BCUT2D eigenvalue weighted by atomic mass is 16.6. The molecule has 0 atom stereocenters. The Morgan fingerprint density at radius 2 is 0.828 bits per heavy atom. The van der Waals surface area contributed by atoms with Crippen LogP contribution in [-0.4, -0.2) is 38.4 Å². The van der Waals surface area contributed by atoms with Crippen LogP contribution in [0.2, 0.25) is 0 Å². The molecular formula is C24H46O5. The number of hydrogen-bond acceptors (Lipinski definition) is 5. The summed E-state index contributed by atoms with van der Waals surface area (Å²) >= 11 is 0. The molecule has 0 N–H and O–H groups in total. The van der Waals surface area contributed by atoms with Gasteiger partial charge in [-0.3, -0.25) is 9.59 Å². The summed E-state index contributed by atoms with van der Waals surface area (Å²) in [5, 5.41) is 0. The van der Waals surface area contributed by atoms with Gasteiger partial charge in [-0.1, -0.05) is 65.2 Å². The van der Waals surface area contributed by atoms with Gasteiger partial charge in [0, 0.05) is 39.3 Å². The number of hydrogen-bond donors (Lipinski definition) is 0. The predicted octanol–water partition coefficient (Wildman–Crippen LogP) is 6.37. The lowest BCUT2D eigenvalue weighted by atomic mass is 10.1. The van der Waals surface area contributed by atoms with E-state index >= 15 is 0 Å². The van der Waals surface area contributed by atoms with Crippen LogP contribution in [0.1, 0.15) is 117 Å². The van der Waals surface area contributed by atoms with E-state index in [1.54, 1.807) is 0 Å². The summed E-state index contributed by atoms with van der Waals surface area (Å²) in [6.07, 6.45) is 15.5. The molecule has 0 aliphatic carbocycles. The lowest BCUT2D eigenvalue weighted by Crippen LogP contribution is -2.11. The summed E-state index contributed by atoms with van der Waals surface area (Å²) in [7, 11) is 0. The normalized spacial score (nSPS) is 11.0. The molecule has 0 fully saturated rings. The topological polar surface area (TPSA) is 61.8 Å². The third-order valence-electron chi connectivity index (χ3n) is 4.85. The molecule has 0 heterocycles. The van der Waals surface area contributed by atoms with E-state index in [4.69, 9.17) is 14.2 Å². The van der Waals surface area contributed by atoms with Crippen LogP contribution in [0.15, 0.2) is 0 Å². The quantitative estimate of drug-likeness (QED) is 0.117. The van der Waals surface area contributed by atoms with Gasteiger partial charge in [0.1, 0.15) is 0 Å². The SMILES string of the molecule is CCCCOCCCCCCCC(=O)OC(=O)CCCCCCCOCCCC. The van der Waals surface area contributed by atoms with Gasteiger partial charge in [-0.05, 0) is 38.5 Å². The zero-order valence-electron chi connectivity index (χ0n) is 19.2. The van der Waals surface area contributed by atoms with Crippen LogP contribution >= 0.6 is 0 Å². The second-order valence-electron chi connectivity index (χ2n) is 7.81. The van der Waals surface area contributed by atoms with Crippen molar-refractivity contribution in [1.82, 2.24) is 0 Å². The second-order valence-corrected chi connectivity index (χ2v) is 7.81. The third-order valence-corrected chi connectivity index (χ3v) is 4.85. The summed E-state index contributed by atoms with van der Waals surface area (Å²) in [4.78, 5) is 23.4. The Kier molecular flexibility index (Phi) is 22.6. The van der Waals surface area contributed by atoms with Crippen molar-refractivity contribution in [2.24, 2.45) is 0 Å². The molecule has 29 heavy (non-hydrogen) atoms. The van der Waals surface area contributed by atoms with Crippen LogP contribution < -0.4 is 0 Å². The fourth-order valence-corrected chi connectivity index (χ4v) is 2.93. The van der Waals surface area contributed by atoms with Gasteiger partial charge < -0.3 is 14.2 Å². The molecule has 0 unspecified atom stereocenters. The van der Waals surface area contributed by atoms with Gasteiger partial charge in [-0.2, -0.15) is 0 Å². The Morgan fingerprint density at radius 3 is 1.24 bits per heavy atom. The van der Waals surface area contributed by atoms with Crippen molar-refractivity contribution in [1.29, 1.82) is 0 Å². The van der Waals surface area contributed by atoms with E-state index in [1.807, 2.05) is 0 Å². The highest BCUT2D eigenvalue weighted by Crippen LogP contribution is 2.09. The molecule has 172 valence electrons. The summed E-state index contributed by atoms with van der Waals surface area (Å²) in [5.74, 6) is -0.746. The monoisotopic (exact) mass is 414 g/mol. The van der Waals surface area contributed by atoms with Crippen LogP contribution in [0, 0.1) is 0 Å². The lowest BCUT2D eigenvalue weighted by Gasteiger charge is -2.05. The molecule has 0 aromatic heterocycles. The Morgan fingerprint density at radius 1 is 0.483 bits per heavy atom. The van der Waals surface area contributed by atoms with E-state index in [1.165, 1.54) is 12.8 Å². The van der Waals surface area contributed by atoms with E-state index in [0.717, 1.165) is 103 Å². The van der Waals surface area contributed by atoms with Crippen molar-refractivity contribution in [3.8, 4) is 0 Å². The fraction of sp³-hybridized carbons (Fsp3) is 0.917.